The van der Waals surface area contributed by atoms with Gasteiger partial charge in [0.1, 0.15) is 0 Å². The predicted molar refractivity (Wildman–Crippen MR) is 172 cm³/mol. The monoisotopic (exact) mass is 541 g/mol. The Morgan fingerprint density at radius 2 is 0.902 bits per heavy atom. The quantitative estimate of drug-likeness (QED) is 0.222. The summed E-state index contributed by atoms with van der Waals surface area (Å²) in [5, 5.41) is 4.97. The first-order chi connectivity index (χ1) is 20.3. The third-order valence-corrected chi connectivity index (χ3v) is 8.68. The molecule has 0 atom stereocenters. The molecule has 0 saturated heterocycles. The first-order valence-electron chi connectivity index (χ1n) is 13.6. The van der Waals surface area contributed by atoms with Crippen LogP contribution in [0.5, 0.6) is 0 Å². The Kier molecular flexibility index (Phi) is 5.64. The van der Waals surface area contributed by atoms with Crippen LogP contribution >= 0.6 is 11.3 Å². The number of nitrogens with zero attached hydrogens (tertiary/aromatic N) is 3. The van der Waals surface area contributed by atoms with E-state index in [0.29, 0.717) is 17.5 Å². The van der Waals surface area contributed by atoms with Gasteiger partial charge in [0.05, 0.1) is 0 Å². The van der Waals surface area contributed by atoms with Crippen LogP contribution in [-0.2, 0) is 0 Å². The van der Waals surface area contributed by atoms with E-state index in [1.165, 1.54) is 31.1 Å². The highest BCUT2D eigenvalue weighted by Crippen LogP contribution is 2.36. The third-order valence-electron chi connectivity index (χ3n) is 7.53. The topological polar surface area (TPSA) is 38.7 Å². The van der Waals surface area contributed by atoms with E-state index in [-0.39, 0.29) is 0 Å². The zero-order valence-corrected chi connectivity index (χ0v) is 22.8. The molecule has 0 aliphatic carbocycles. The number of fused-ring (bicyclic) bond motifs is 4. The Bertz CT molecular complexity index is 2200. The molecule has 8 rings (SSSR count). The van der Waals surface area contributed by atoms with Crippen LogP contribution in [0.25, 0.3) is 76.2 Å². The fraction of sp³-hybridized carbons (Fsp3) is 0. The van der Waals surface area contributed by atoms with Crippen molar-refractivity contribution in [3.8, 4) is 45.3 Å². The number of hydrogen-bond acceptors (Lipinski definition) is 4. The van der Waals surface area contributed by atoms with E-state index in [9.17, 15) is 0 Å². The number of rotatable bonds is 4. The molecule has 8 aromatic rings. The molecule has 2 aromatic heterocycles. The van der Waals surface area contributed by atoms with Crippen molar-refractivity contribution in [3.63, 3.8) is 0 Å². The van der Waals surface area contributed by atoms with E-state index in [4.69, 9.17) is 15.0 Å². The van der Waals surface area contributed by atoms with Gasteiger partial charge in [-0.25, -0.2) is 15.0 Å². The van der Waals surface area contributed by atoms with Crippen molar-refractivity contribution in [2.75, 3.05) is 0 Å². The maximum absolute atomic E-state index is 4.96. The van der Waals surface area contributed by atoms with E-state index in [0.717, 1.165) is 27.6 Å². The maximum atomic E-state index is 4.96. The highest BCUT2D eigenvalue weighted by atomic mass is 32.1. The average molecular weight is 542 g/mol. The van der Waals surface area contributed by atoms with Gasteiger partial charge in [-0.1, -0.05) is 115 Å². The summed E-state index contributed by atoms with van der Waals surface area (Å²) in [5.41, 5.74) is 5.25. The van der Waals surface area contributed by atoms with Crippen molar-refractivity contribution in [1.29, 1.82) is 0 Å². The zero-order valence-electron chi connectivity index (χ0n) is 22.0. The Morgan fingerprint density at radius 3 is 1.71 bits per heavy atom. The Balaban J connectivity index is 1.21. The molecule has 0 saturated carbocycles. The fourth-order valence-corrected chi connectivity index (χ4v) is 6.48. The van der Waals surface area contributed by atoms with E-state index in [1.54, 1.807) is 0 Å². The highest BCUT2D eigenvalue weighted by molar-refractivity contribution is 7.25. The molecule has 0 amide bonds. The Morgan fingerprint density at radius 1 is 0.341 bits per heavy atom. The minimum Gasteiger partial charge on any atom is -0.208 e. The number of aromatic nitrogens is 3. The molecule has 0 radical (unpaired) electrons. The second kappa shape index (κ2) is 9.77. The van der Waals surface area contributed by atoms with Gasteiger partial charge >= 0.3 is 0 Å². The summed E-state index contributed by atoms with van der Waals surface area (Å²) in [6.45, 7) is 0. The molecule has 6 aromatic carbocycles. The summed E-state index contributed by atoms with van der Waals surface area (Å²) in [4.78, 5) is 14.8. The molecule has 0 aliphatic heterocycles. The summed E-state index contributed by atoms with van der Waals surface area (Å²) in [7, 11) is 0. The van der Waals surface area contributed by atoms with Crippen LogP contribution in [0.3, 0.4) is 0 Å². The van der Waals surface area contributed by atoms with Gasteiger partial charge in [-0.05, 0) is 46.2 Å². The minimum absolute atomic E-state index is 0.660. The number of benzene rings is 6. The molecular formula is C37H23N3S. The number of thiophene rings is 1. The average Bonchev–Trinajstić information content (AvgIpc) is 3.43. The van der Waals surface area contributed by atoms with Crippen LogP contribution in [0.4, 0.5) is 0 Å². The summed E-state index contributed by atoms with van der Waals surface area (Å²) in [5.74, 6) is 1.99. The normalized spacial score (nSPS) is 11.4. The summed E-state index contributed by atoms with van der Waals surface area (Å²) in [6, 6.07) is 48.7. The van der Waals surface area contributed by atoms with Crippen LogP contribution in [0, 0.1) is 0 Å². The van der Waals surface area contributed by atoms with Gasteiger partial charge in [0, 0.05) is 36.9 Å². The highest BCUT2D eigenvalue weighted by Gasteiger charge is 2.13. The van der Waals surface area contributed by atoms with Crippen molar-refractivity contribution < 1.29 is 0 Å². The van der Waals surface area contributed by atoms with Gasteiger partial charge in [0.2, 0.25) is 0 Å². The van der Waals surface area contributed by atoms with E-state index < -0.39 is 0 Å². The molecule has 4 heteroatoms. The van der Waals surface area contributed by atoms with Crippen molar-refractivity contribution in [3.05, 3.63) is 140 Å². The van der Waals surface area contributed by atoms with Gasteiger partial charge in [-0.2, -0.15) is 0 Å². The molecule has 192 valence electrons. The van der Waals surface area contributed by atoms with Crippen molar-refractivity contribution in [1.82, 2.24) is 15.0 Å². The summed E-state index contributed by atoms with van der Waals surface area (Å²) in [6.07, 6.45) is 0. The molecule has 0 aliphatic rings. The van der Waals surface area contributed by atoms with Gasteiger partial charge < -0.3 is 0 Å². The lowest BCUT2D eigenvalue weighted by atomic mass is 10.0. The Hall–Kier alpha value is -5.19. The lowest BCUT2D eigenvalue weighted by Crippen LogP contribution is -2.00. The SMILES string of the molecule is c1ccc(-c2nc(-c3ccc(-c4ccc5sc6ccccc6c5c4)cc3)nc(-c3ccc4ccccc4c3)n2)cc1. The first kappa shape index (κ1) is 23.7. The zero-order chi connectivity index (χ0) is 27.2. The van der Waals surface area contributed by atoms with Gasteiger partial charge in [-0.15, -0.1) is 11.3 Å². The molecule has 3 nitrogen and oxygen atoms in total. The molecule has 41 heavy (non-hydrogen) atoms. The van der Waals surface area contributed by atoms with Crippen LogP contribution in [0.15, 0.2) is 140 Å². The summed E-state index contributed by atoms with van der Waals surface area (Å²) >= 11 is 1.84. The van der Waals surface area contributed by atoms with E-state index in [1.807, 2.05) is 41.7 Å². The van der Waals surface area contributed by atoms with Crippen molar-refractivity contribution >= 4 is 42.3 Å². The molecule has 0 spiro atoms. The predicted octanol–water partition coefficient (Wildman–Crippen LogP) is 10.1. The van der Waals surface area contributed by atoms with Gasteiger partial charge in [0.15, 0.2) is 17.5 Å². The maximum Gasteiger partial charge on any atom is 0.164 e. The lowest BCUT2D eigenvalue weighted by molar-refractivity contribution is 1.07. The van der Waals surface area contributed by atoms with Gasteiger partial charge in [-0.3, -0.25) is 0 Å². The third kappa shape index (κ3) is 4.35. The Labute approximate surface area is 241 Å². The number of hydrogen-bond donors (Lipinski definition) is 0. The molecule has 0 fully saturated rings. The fourth-order valence-electron chi connectivity index (χ4n) is 5.40. The molecule has 0 unspecified atom stereocenters. The minimum atomic E-state index is 0.660. The standard InChI is InChI=1S/C37H23N3S/c1-2-9-26(10-3-1)35-38-36(40-37(39-35)30-19-16-24-8-4-5-11-28(24)22-30)27-17-14-25(15-18-27)29-20-21-34-32(23-29)31-12-6-7-13-33(31)41-34/h1-23H. The largest absolute Gasteiger partial charge is 0.208 e. The molecule has 2 heterocycles. The molecular weight excluding hydrogens is 518 g/mol. The molecule has 0 bridgehead atoms. The van der Waals surface area contributed by atoms with E-state index in [2.05, 4.69) is 109 Å². The van der Waals surface area contributed by atoms with Crippen molar-refractivity contribution in [2.45, 2.75) is 0 Å². The van der Waals surface area contributed by atoms with Crippen LogP contribution in [0.1, 0.15) is 0 Å². The summed E-state index contributed by atoms with van der Waals surface area (Å²) < 4.78 is 2.63. The second-order valence-electron chi connectivity index (χ2n) is 10.1. The van der Waals surface area contributed by atoms with Crippen LogP contribution in [0.2, 0.25) is 0 Å². The smallest absolute Gasteiger partial charge is 0.164 e. The van der Waals surface area contributed by atoms with Crippen LogP contribution < -0.4 is 0 Å². The van der Waals surface area contributed by atoms with Gasteiger partial charge in [0.25, 0.3) is 0 Å². The van der Waals surface area contributed by atoms with E-state index >= 15 is 0 Å². The molecule has 0 N–H and O–H groups in total. The van der Waals surface area contributed by atoms with Crippen LogP contribution in [-0.4, -0.2) is 15.0 Å². The van der Waals surface area contributed by atoms with Crippen molar-refractivity contribution in [2.24, 2.45) is 0 Å². The first-order valence-corrected chi connectivity index (χ1v) is 14.4. The lowest BCUT2D eigenvalue weighted by Gasteiger charge is -2.10. The second-order valence-corrected chi connectivity index (χ2v) is 11.2.